The molecule has 3 nitrogen and oxygen atoms in total. The number of rotatable bonds is 17. The molecule has 0 unspecified atom stereocenters. The normalized spacial score (nSPS) is 12.5. The number of hydrogen-bond acceptors (Lipinski definition) is 2. The zero-order valence-corrected chi connectivity index (χ0v) is 16.8. The lowest BCUT2D eigenvalue weighted by Crippen LogP contribution is -1.98. The van der Waals surface area contributed by atoms with Crippen molar-refractivity contribution in [3.05, 3.63) is 60.8 Å². The van der Waals surface area contributed by atoms with Gasteiger partial charge in [0.25, 0.3) is 0 Å². The third kappa shape index (κ3) is 21.8. The van der Waals surface area contributed by atoms with Gasteiger partial charge in [0.05, 0.1) is 0 Å². The molecule has 0 aliphatic rings. The highest BCUT2D eigenvalue weighted by Gasteiger charge is 2.01. The molecule has 0 aromatic rings. The van der Waals surface area contributed by atoms with Crippen LogP contribution in [0.3, 0.4) is 0 Å². The van der Waals surface area contributed by atoms with Crippen LogP contribution < -0.4 is 0 Å². The highest BCUT2D eigenvalue weighted by molar-refractivity contribution is 5.79. The van der Waals surface area contributed by atoms with E-state index in [0.29, 0.717) is 25.7 Å². The van der Waals surface area contributed by atoms with Crippen molar-refractivity contribution in [3.8, 4) is 0 Å². The molecular formula is C24H36O3. The molecule has 0 saturated carbocycles. The summed E-state index contributed by atoms with van der Waals surface area (Å²) in [5, 5.41) is 8.53. The number of carbonyl (C=O) groups is 2. The lowest BCUT2D eigenvalue weighted by Gasteiger charge is -1.96. The van der Waals surface area contributed by atoms with E-state index in [1.165, 1.54) is 0 Å². The Morgan fingerprint density at radius 1 is 0.667 bits per heavy atom. The van der Waals surface area contributed by atoms with Crippen molar-refractivity contribution < 1.29 is 14.7 Å². The van der Waals surface area contributed by atoms with Gasteiger partial charge >= 0.3 is 5.97 Å². The Kier molecular flexibility index (Phi) is 18.5. The Morgan fingerprint density at radius 2 is 1.15 bits per heavy atom. The van der Waals surface area contributed by atoms with Gasteiger partial charge < -0.3 is 5.11 Å². The molecule has 150 valence electrons. The molecule has 0 aromatic heterocycles. The van der Waals surface area contributed by atoms with E-state index in [-0.39, 0.29) is 12.2 Å². The summed E-state index contributed by atoms with van der Waals surface area (Å²) in [6, 6.07) is 0. The largest absolute Gasteiger partial charge is 0.481 e. The molecule has 0 aromatic carbocycles. The number of carboxylic acid groups (broad SMARTS) is 1. The van der Waals surface area contributed by atoms with Gasteiger partial charge in [0.15, 0.2) is 0 Å². The third-order valence-corrected chi connectivity index (χ3v) is 3.83. The molecule has 27 heavy (non-hydrogen) atoms. The van der Waals surface area contributed by atoms with Crippen LogP contribution in [0.5, 0.6) is 0 Å². The molecule has 0 atom stereocenters. The Morgan fingerprint density at radius 3 is 1.70 bits per heavy atom. The molecule has 3 heteroatoms. The Labute approximate surface area is 165 Å². The lowest BCUT2D eigenvalue weighted by molar-refractivity contribution is -0.137. The lowest BCUT2D eigenvalue weighted by atomic mass is 10.1. The number of ketones is 1. The van der Waals surface area contributed by atoms with Crippen LogP contribution in [0.2, 0.25) is 0 Å². The van der Waals surface area contributed by atoms with Crippen molar-refractivity contribution >= 4 is 11.8 Å². The molecule has 0 heterocycles. The fraction of sp³-hybridized carbons (Fsp3) is 0.500. The molecule has 0 aliphatic heterocycles. The van der Waals surface area contributed by atoms with E-state index < -0.39 is 5.97 Å². The minimum atomic E-state index is -0.793. The number of aliphatic carboxylic acids is 1. The van der Waals surface area contributed by atoms with E-state index >= 15 is 0 Å². The molecule has 0 rings (SSSR count). The highest BCUT2D eigenvalue weighted by atomic mass is 16.4. The van der Waals surface area contributed by atoms with E-state index in [2.05, 4.69) is 55.5 Å². The summed E-state index contributed by atoms with van der Waals surface area (Å²) in [6.07, 6.45) is 29.8. The summed E-state index contributed by atoms with van der Waals surface area (Å²) in [7, 11) is 0. The first-order valence-electron chi connectivity index (χ1n) is 10.1. The number of carbonyl (C=O) groups excluding carboxylic acids is 1. The van der Waals surface area contributed by atoms with Crippen LogP contribution in [-0.2, 0) is 9.59 Å². The number of hydrogen-bond donors (Lipinski definition) is 1. The fourth-order valence-electron chi connectivity index (χ4n) is 2.32. The fourth-order valence-corrected chi connectivity index (χ4v) is 2.32. The van der Waals surface area contributed by atoms with E-state index in [9.17, 15) is 9.59 Å². The highest BCUT2D eigenvalue weighted by Crippen LogP contribution is 2.04. The van der Waals surface area contributed by atoms with Crippen LogP contribution in [0.4, 0.5) is 0 Å². The van der Waals surface area contributed by atoms with Crippen molar-refractivity contribution in [1.82, 2.24) is 0 Å². The topological polar surface area (TPSA) is 54.4 Å². The maximum atomic E-state index is 11.6. The summed E-state index contributed by atoms with van der Waals surface area (Å²) >= 11 is 0. The molecule has 0 bridgehead atoms. The first-order valence-corrected chi connectivity index (χ1v) is 10.1. The van der Waals surface area contributed by atoms with Gasteiger partial charge in [-0.2, -0.15) is 0 Å². The van der Waals surface area contributed by atoms with E-state index in [1.54, 1.807) is 0 Å². The minimum absolute atomic E-state index is 0.151. The SMILES string of the molecule is CC/C=C\C/C=C\C/C=C\C/C=C\CC/C=C/CC(=O)CCCCC(=O)O. The molecular weight excluding hydrogens is 336 g/mol. The average Bonchev–Trinajstić information content (AvgIpc) is 2.64. The second-order valence-electron chi connectivity index (χ2n) is 6.39. The van der Waals surface area contributed by atoms with Crippen LogP contribution in [0.25, 0.3) is 0 Å². The summed E-state index contributed by atoms with van der Waals surface area (Å²) < 4.78 is 0. The summed E-state index contributed by atoms with van der Waals surface area (Å²) in [5.41, 5.74) is 0. The van der Waals surface area contributed by atoms with Crippen LogP contribution in [0.15, 0.2) is 60.8 Å². The van der Waals surface area contributed by atoms with Crippen molar-refractivity contribution in [1.29, 1.82) is 0 Å². The molecule has 0 amide bonds. The standard InChI is InChI=1S/C24H36O3/c1-2-3-4-5-6-7-8-9-10-11-12-13-14-15-16-17-20-23(25)21-18-19-22-24(26)27/h3-4,6-7,9-10,12-13,16-17H,2,5,8,11,14-15,18-22H2,1H3,(H,26,27)/b4-3-,7-6-,10-9-,13-12-,17-16+. The van der Waals surface area contributed by atoms with Gasteiger partial charge in [-0.15, -0.1) is 0 Å². The zero-order valence-electron chi connectivity index (χ0n) is 16.8. The van der Waals surface area contributed by atoms with Crippen LogP contribution in [-0.4, -0.2) is 16.9 Å². The first kappa shape index (κ1) is 24.8. The number of unbranched alkanes of at least 4 members (excludes halogenated alkanes) is 2. The average molecular weight is 373 g/mol. The van der Waals surface area contributed by atoms with Gasteiger partial charge in [0, 0.05) is 19.3 Å². The molecule has 1 N–H and O–H groups in total. The van der Waals surface area contributed by atoms with Gasteiger partial charge in [-0.3, -0.25) is 9.59 Å². The van der Waals surface area contributed by atoms with Crippen molar-refractivity contribution in [3.63, 3.8) is 0 Å². The van der Waals surface area contributed by atoms with Crippen molar-refractivity contribution in [2.75, 3.05) is 0 Å². The van der Waals surface area contributed by atoms with E-state index in [0.717, 1.165) is 38.5 Å². The summed E-state index contributed by atoms with van der Waals surface area (Å²) in [4.78, 5) is 22.0. The summed E-state index contributed by atoms with van der Waals surface area (Å²) in [5.74, 6) is -0.606. The van der Waals surface area contributed by atoms with Gasteiger partial charge in [0.2, 0.25) is 0 Å². The van der Waals surface area contributed by atoms with Gasteiger partial charge in [-0.25, -0.2) is 0 Å². The third-order valence-electron chi connectivity index (χ3n) is 3.83. The van der Waals surface area contributed by atoms with Gasteiger partial charge in [-0.1, -0.05) is 67.7 Å². The monoisotopic (exact) mass is 372 g/mol. The second-order valence-corrected chi connectivity index (χ2v) is 6.39. The Bertz CT molecular complexity index is 522. The van der Waals surface area contributed by atoms with E-state index in [1.807, 2.05) is 12.2 Å². The molecule has 0 fully saturated rings. The second kappa shape index (κ2) is 20.2. The van der Waals surface area contributed by atoms with Gasteiger partial charge in [-0.05, 0) is 51.4 Å². The molecule has 0 radical (unpaired) electrons. The zero-order chi connectivity index (χ0) is 20.0. The van der Waals surface area contributed by atoms with Crippen molar-refractivity contribution in [2.45, 2.75) is 77.6 Å². The van der Waals surface area contributed by atoms with E-state index in [4.69, 9.17) is 5.11 Å². The maximum absolute atomic E-state index is 11.6. The minimum Gasteiger partial charge on any atom is -0.481 e. The van der Waals surface area contributed by atoms with Crippen LogP contribution in [0, 0.1) is 0 Å². The Balaban J connectivity index is 3.53. The number of allylic oxidation sites excluding steroid dienone is 10. The maximum Gasteiger partial charge on any atom is 0.303 e. The smallest absolute Gasteiger partial charge is 0.303 e. The van der Waals surface area contributed by atoms with Crippen molar-refractivity contribution in [2.24, 2.45) is 0 Å². The molecule has 0 aliphatic carbocycles. The number of carboxylic acids is 1. The molecule has 0 saturated heterocycles. The Hall–Kier alpha value is -2.16. The molecule has 0 spiro atoms. The summed E-state index contributed by atoms with van der Waals surface area (Å²) in [6.45, 7) is 2.14. The predicted octanol–water partition coefficient (Wildman–Crippen LogP) is 6.73. The number of Topliss-reactive ketones (excluding diaryl/α,β-unsaturated/α-hetero) is 1. The van der Waals surface area contributed by atoms with Crippen LogP contribution >= 0.6 is 0 Å². The van der Waals surface area contributed by atoms with Crippen LogP contribution in [0.1, 0.15) is 77.6 Å². The van der Waals surface area contributed by atoms with Gasteiger partial charge in [0.1, 0.15) is 5.78 Å². The quantitative estimate of drug-likeness (QED) is 0.227. The predicted molar refractivity (Wildman–Crippen MR) is 115 cm³/mol. The first-order chi connectivity index (χ1) is 13.2.